The summed E-state index contributed by atoms with van der Waals surface area (Å²) in [6, 6.07) is 0.584. The zero-order chi connectivity index (χ0) is 8.97. The van der Waals surface area contributed by atoms with Gasteiger partial charge in [-0.25, -0.2) is 0 Å². The normalized spacial score (nSPS) is 27.8. The third-order valence-electron chi connectivity index (χ3n) is 2.59. The Morgan fingerprint density at radius 1 is 1.67 bits per heavy atom. The maximum Gasteiger partial charge on any atom is 0.0710 e. The fourth-order valence-electron chi connectivity index (χ4n) is 1.63. The Kier molecular flexibility index (Phi) is 3.98. The highest BCUT2D eigenvalue weighted by molar-refractivity contribution is 4.78. The van der Waals surface area contributed by atoms with Gasteiger partial charge in [0.2, 0.25) is 0 Å². The molecular weight excluding hydrogens is 152 g/mol. The topological polar surface area (TPSA) is 24.5 Å². The van der Waals surface area contributed by atoms with E-state index in [0.717, 1.165) is 13.1 Å². The fourth-order valence-corrected chi connectivity index (χ4v) is 1.63. The highest BCUT2D eigenvalue weighted by Crippen LogP contribution is 2.11. The van der Waals surface area contributed by atoms with Gasteiger partial charge in [0, 0.05) is 32.8 Å². The van der Waals surface area contributed by atoms with Crippen molar-refractivity contribution in [3.8, 4) is 0 Å². The minimum atomic E-state index is 0.467. The van der Waals surface area contributed by atoms with Crippen molar-refractivity contribution >= 4 is 0 Å². The van der Waals surface area contributed by atoms with Crippen LogP contribution < -0.4 is 5.32 Å². The van der Waals surface area contributed by atoms with Crippen LogP contribution in [0.1, 0.15) is 13.3 Å². The molecule has 1 rings (SSSR count). The predicted octanol–water partition coefficient (Wildman–Crippen LogP) is 0.315. The molecule has 3 nitrogen and oxygen atoms in total. The summed E-state index contributed by atoms with van der Waals surface area (Å²) in [5.41, 5.74) is 0. The van der Waals surface area contributed by atoms with E-state index in [0.29, 0.717) is 12.1 Å². The molecule has 12 heavy (non-hydrogen) atoms. The molecule has 0 bridgehead atoms. The summed E-state index contributed by atoms with van der Waals surface area (Å²) < 4.78 is 5.29. The first-order valence-corrected chi connectivity index (χ1v) is 4.68. The number of likely N-dealkylation sites (tertiary alicyclic amines) is 1. The van der Waals surface area contributed by atoms with Crippen molar-refractivity contribution in [1.29, 1.82) is 0 Å². The molecule has 72 valence electrons. The van der Waals surface area contributed by atoms with E-state index in [1.54, 1.807) is 7.11 Å². The highest BCUT2D eigenvalue weighted by atomic mass is 16.5. The summed E-state index contributed by atoms with van der Waals surface area (Å²) in [6.45, 7) is 5.63. The van der Waals surface area contributed by atoms with Crippen LogP contribution in [0.15, 0.2) is 0 Å². The first kappa shape index (κ1) is 9.96. The number of nitrogens with one attached hydrogen (secondary N) is 1. The van der Waals surface area contributed by atoms with Crippen molar-refractivity contribution in [2.24, 2.45) is 0 Å². The quantitative estimate of drug-likeness (QED) is 0.661. The van der Waals surface area contributed by atoms with E-state index in [1.165, 1.54) is 13.0 Å². The van der Waals surface area contributed by atoms with E-state index < -0.39 is 0 Å². The number of hydrogen-bond donors (Lipinski definition) is 1. The van der Waals surface area contributed by atoms with Crippen LogP contribution in [0, 0.1) is 0 Å². The van der Waals surface area contributed by atoms with Gasteiger partial charge in [-0.3, -0.25) is 4.90 Å². The molecule has 2 atom stereocenters. The van der Waals surface area contributed by atoms with Crippen LogP contribution in [-0.2, 0) is 4.74 Å². The Bertz CT molecular complexity index is 130. The van der Waals surface area contributed by atoms with Gasteiger partial charge in [-0.1, -0.05) is 0 Å². The van der Waals surface area contributed by atoms with Crippen LogP contribution in [0.25, 0.3) is 0 Å². The van der Waals surface area contributed by atoms with E-state index >= 15 is 0 Å². The number of hydrogen-bond acceptors (Lipinski definition) is 3. The molecule has 0 spiro atoms. The summed E-state index contributed by atoms with van der Waals surface area (Å²) in [5.74, 6) is 0. The summed E-state index contributed by atoms with van der Waals surface area (Å²) in [5, 5.41) is 3.24. The van der Waals surface area contributed by atoms with Gasteiger partial charge < -0.3 is 10.1 Å². The molecule has 0 aromatic rings. The maximum atomic E-state index is 5.29. The molecular formula is C9H20N2O. The average Bonchev–Trinajstić information content (AvgIpc) is 2.52. The van der Waals surface area contributed by atoms with Gasteiger partial charge in [0.15, 0.2) is 0 Å². The molecule has 1 N–H and O–H groups in total. The molecule has 1 saturated heterocycles. The molecule has 2 unspecified atom stereocenters. The molecule has 1 heterocycles. The number of nitrogens with zero attached hydrogens (tertiary/aromatic N) is 1. The first-order valence-electron chi connectivity index (χ1n) is 4.68. The van der Waals surface area contributed by atoms with Crippen LogP contribution in [0.4, 0.5) is 0 Å². The minimum Gasteiger partial charge on any atom is -0.380 e. The molecule has 0 aromatic heterocycles. The Labute approximate surface area is 75.1 Å². The summed E-state index contributed by atoms with van der Waals surface area (Å²) in [6.07, 6.45) is 1.65. The van der Waals surface area contributed by atoms with Gasteiger partial charge in [-0.15, -0.1) is 0 Å². The van der Waals surface area contributed by atoms with Crippen molar-refractivity contribution in [3.63, 3.8) is 0 Å². The molecule has 0 radical (unpaired) electrons. The van der Waals surface area contributed by atoms with Crippen molar-refractivity contribution in [1.82, 2.24) is 10.2 Å². The third-order valence-corrected chi connectivity index (χ3v) is 2.59. The summed E-state index contributed by atoms with van der Waals surface area (Å²) >= 11 is 0. The van der Waals surface area contributed by atoms with Crippen LogP contribution in [0.2, 0.25) is 0 Å². The third kappa shape index (κ3) is 2.73. The van der Waals surface area contributed by atoms with Crippen LogP contribution in [-0.4, -0.2) is 50.8 Å². The van der Waals surface area contributed by atoms with Crippen LogP contribution in [0.5, 0.6) is 0 Å². The second-order valence-electron chi connectivity index (χ2n) is 3.60. The smallest absolute Gasteiger partial charge is 0.0710 e. The molecule has 3 heteroatoms. The van der Waals surface area contributed by atoms with Gasteiger partial charge in [0.05, 0.1) is 6.10 Å². The summed E-state index contributed by atoms with van der Waals surface area (Å²) in [4.78, 5) is 2.45. The first-order chi connectivity index (χ1) is 5.76. The summed E-state index contributed by atoms with van der Waals surface area (Å²) in [7, 11) is 3.81. The van der Waals surface area contributed by atoms with Crippen molar-refractivity contribution in [2.45, 2.75) is 25.5 Å². The zero-order valence-corrected chi connectivity index (χ0v) is 8.34. The molecule has 1 aliphatic rings. The average molecular weight is 172 g/mol. The highest BCUT2D eigenvalue weighted by Gasteiger charge is 2.22. The minimum absolute atomic E-state index is 0.467. The van der Waals surface area contributed by atoms with Gasteiger partial charge in [0.1, 0.15) is 0 Å². The molecule has 1 aliphatic heterocycles. The Morgan fingerprint density at radius 2 is 2.42 bits per heavy atom. The largest absolute Gasteiger partial charge is 0.380 e. The molecule has 0 amide bonds. The van der Waals surface area contributed by atoms with E-state index in [2.05, 4.69) is 17.1 Å². The van der Waals surface area contributed by atoms with Crippen molar-refractivity contribution < 1.29 is 4.74 Å². The monoisotopic (exact) mass is 172 g/mol. The molecule has 0 aliphatic carbocycles. The van der Waals surface area contributed by atoms with Crippen molar-refractivity contribution in [3.05, 3.63) is 0 Å². The molecule has 1 fully saturated rings. The van der Waals surface area contributed by atoms with E-state index in [9.17, 15) is 0 Å². The SMILES string of the molecule is CNC(C)CN1CCC(OC)C1. The molecule has 0 aromatic carbocycles. The maximum absolute atomic E-state index is 5.29. The van der Waals surface area contributed by atoms with Gasteiger partial charge >= 0.3 is 0 Å². The predicted molar refractivity (Wildman–Crippen MR) is 50.4 cm³/mol. The zero-order valence-electron chi connectivity index (χ0n) is 8.34. The van der Waals surface area contributed by atoms with Gasteiger partial charge in [-0.05, 0) is 20.4 Å². The van der Waals surface area contributed by atoms with Gasteiger partial charge in [-0.2, -0.15) is 0 Å². The lowest BCUT2D eigenvalue weighted by molar-refractivity contribution is 0.107. The van der Waals surface area contributed by atoms with Crippen LogP contribution in [0.3, 0.4) is 0 Å². The second kappa shape index (κ2) is 4.80. The van der Waals surface area contributed by atoms with Crippen molar-refractivity contribution in [2.75, 3.05) is 33.8 Å². The Morgan fingerprint density at radius 3 is 2.92 bits per heavy atom. The Balaban J connectivity index is 2.18. The van der Waals surface area contributed by atoms with E-state index in [1.807, 2.05) is 7.05 Å². The number of rotatable bonds is 4. The van der Waals surface area contributed by atoms with Crippen LogP contribution >= 0.6 is 0 Å². The number of likely N-dealkylation sites (N-methyl/N-ethyl adjacent to an activating group) is 1. The van der Waals surface area contributed by atoms with Gasteiger partial charge in [0.25, 0.3) is 0 Å². The fraction of sp³-hybridized carbons (Fsp3) is 1.00. The Hall–Kier alpha value is -0.120. The number of methoxy groups -OCH3 is 1. The number of ether oxygens (including phenoxy) is 1. The molecule has 0 saturated carbocycles. The lowest BCUT2D eigenvalue weighted by Crippen LogP contribution is -2.36. The standard InChI is InChI=1S/C9H20N2O/c1-8(10-2)6-11-5-4-9(7-11)12-3/h8-10H,4-7H2,1-3H3. The van der Waals surface area contributed by atoms with E-state index in [-0.39, 0.29) is 0 Å². The lowest BCUT2D eigenvalue weighted by Gasteiger charge is -2.19. The lowest BCUT2D eigenvalue weighted by atomic mass is 10.3. The van der Waals surface area contributed by atoms with E-state index in [4.69, 9.17) is 4.74 Å². The second-order valence-corrected chi connectivity index (χ2v) is 3.60.